The lowest BCUT2D eigenvalue weighted by molar-refractivity contribution is -0.116. The number of anilines is 2. The normalized spacial score (nSPS) is 17.1. The van der Waals surface area contributed by atoms with E-state index in [-0.39, 0.29) is 23.9 Å². The lowest BCUT2D eigenvalue weighted by atomic mass is 9.91. The lowest BCUT2D eigenvalue weighted by Gasteiger charge is -2.28. The summed E-state index contributed by atoms with van der Waals surface area (Å²) in [6.45, 7) is 3.59. The van der Waals surface area contributed by atoms with Crippen molar-refractivity contribution in [2.45, 2.75) is 51.6 Å². The van der Waals surface area contributed by atoms with Crippen molar-refractivity contribution in [2.24, 2.45) is 0 Å². The zero-order chi connectivity index (χ0) is 25.9. The summed E-state index contributed by atoms with van der Waals surface area (Å²) in [6.07, 6.45) is 6.48. The van der Waals surface area contributed by atoms with E-state index in [1.165, 1.54) is 17.7 Å². The molecule has 10 nitrogen and oxygen atoms in total. The van der Waals surface area contributed by atoms with E-state index in [1.54, 1.807) is 25.3 Å². The first-order chi connectivity index (χ1) is 17.9. The number of carbonyl (C=O) groups excluding carboxylic acids is 2. The highest BCUT2D eigenvalue weighted by Crippen LogP contribution is 2.36. The molecule has 1 aliphatic carbocycles. The van der Waals surface area contributed by atoms with E-state index in [4.69, 9.17) is 10.8 Å². The van der Waals surface area contributed by atoms with Crippen molar-refractivity contribution in [1.82, 2.24) is 30.0 Å². The largest absolute Gasteiger partial charge is 0.383 e. The predicted molar refractivity (Wildman–Crippen MR) is 143 cm³/mol. The Morgan fingerprint density at radius 1 is 1.11 bits per heavy atom. The number of amides is 2. The summed E-state index contributed by atoms with van der Waals surface area (Å²) in [6, 6.07) is 7.41. The first-order valence-electron chi connectivity index (χ1n) is 12.0. The number of nitrogens with one attached hydrogen (secondary N) is 2. The molecule has 1 saturated carbocycles. The Labute approximate surface area is 217 Å². The van der Waals surface area contributed by atoms with Gasteiger partial charge in [-0.3, -0.25) is 14.9 Å². The molecule has 1 aliphatic rings. The zero-order valence-electron chi connectivity index (χ0n) is 20.5. The Bertz CT molecular complexity index is 1520. The molecule has 37 heavy (non-hydrogen) atoms. The van der Waals surface area contributed by atoms with Crippen molar-refractivity contribution in [2.75, 3.05) is 11.1 Å². The average Bonchev–Trinajstić information content (AvgIpc) is 3.49. The van der Waals surface area contributed by atoms with Gasteiger partial charge in [-0.2, -0.15) is 5.10 Å². The molecule has 3 aromatic heterocycles. The molecule has 0 saturated heterocycles. The molecule has 5 rings (SSSR count). The summed E-state index contributed by atoms with van der Waals surface area (Å²) in [5, 5.41) is 12.0. The molecule has 0 unspecified atom stereocenters. The van der Waals surface area contributed by atoms with Crippen LogP contribution in [0.3, 0.4) is 0 Å². The molecule has 3 heterocycles. The third-order valence-corrected chi connectivity index (χ3v) is 7.22. The molecule has 2 amide bonds. The summed E-state index contributed by atoms with van der Waals surface area (Å²) in [5.41, 5.74) is 8.94. The molecule has 4 N–H and O–H groups in total. The van der Waals surface area contributed by atoms with Crippen LogP contribution in [0.25, 0.3) is 22.3 Å². The van der Waals surface area contributed by atoms with Crippen LogP contribution in [0, 0.1) is 18.8 Å². The van der Waals surface area contributed by atoms with Gasteiger partial charge < -0.3 is 11.1 Å². The number of hydrogen-bond donors (Lipinski definition) is 3. The van der Waals surface area contributed by atoms with Crippen LogP contribution in [0.15, 0.2) is 36.8 Å². The minimum atomic E-state index is -0.239. The smallest absolute Gasteiger partial charge is 0.296 e. The number of rotatable bonds is 5. The lowest BCUT2D eigenvalue weighted by Crippen LogP contribution is -2.37. The van der Waals surface area contributed by atoms with Gasteiger partial charge in [0, 0.05) is 28.2 Å². The fraction of sp³-hybridized carbons (Fsp3) is 0.308. The Balaban J connectivity index is 1.38. The van der Waals surface area contributed by atoms with E-state index >= 15 is 0 Å². The van der Waals surface area contributed by atoms with Crippen LogP contribution >= 0.6 is 11.3 Å². The molecule has 0 radical (unpaired) electrons. The summed E-state index contributed by atoms with van der Waals surface area (Å²) in [5.74, 6) is 5.05. The van der Waals surface area contributed by atoms with Gasteiger partial charge in [0.2, 0.25) is 0 Å². The quantitative estimate of drug-likeness (QED) is 0.345. The van der Waals surface area contributed by atoms with E-state index in [1.807, 2.05) is 23.7 Å². The highest BCUT2D eigenvalue weighted by Gasteiger charge is 2.27. The number of aryl methyl sites for hydroxylation is 1. The van der Waals surface area contributed by atoms with E-state index in [0.717, 1.165) is 36.1 Å². The fourth-order valence-corrected chi connectivity index (χ4v) is 5.27. The number of hydrogen-bond acceptors (Lipinski definition) is 8. The maximum atomic E-state index is 12.6. The molecule has 0 spiro atoms. The van der Waals surface area contributed by atoms with Gasteiger partial charge in [-0.25, -0.2) is 19.6 Å². The molecule has 1 aromatic carbocycles. The fourth-order valence-electron chi connectivity index (χ4n) is 4.61. The maximum Gasteiger partial charge on any atom is 0.296 e. The molecular formula is C26H26N8O2S. The third kappa shape index (κ3) is 5.15. The minimum Gasteiger partial charge on any atom is -0.383 e. The van der Waals surface area contributed by atoms with Crippen molar-refractivity contribution in [1.29, 1.82) is 0 Å². The van der Waals surface area contributed by atoms with Crippen LogP contribution in [-0.4, -0.2) is 42.6 Å². The van der Waals surface area contributed by atoms with Gasteiger partial charge in [-0.05, 0) is 57.6 Å². The predicted octanol–water partition coefficient (Wildman–Crippen LogP) is 3.72. The van der Waals surface area contributed by atoms with Crippen molar-refractivity contribution in [3.05, 3.63) is 47.2 Å². The first kappa shape index (κ1) is 24.4. The maximum absolute atomic E-state index is 12.6. The summed E-state index contributed by atoms with van der Waals surface area (Å²) >= 11 is 1.42. The number of thiazole rings is 1. The van der Waals surface area contributed by atoms with E-state index in [9.17, 15) is 9.59 Å². The topological polar surface area (TPSA) is 141 Å². The molecule has 4 aromatic rings. The molecule has 0 atom stereocenters. The van der Waals surface area contributed by atoms with Crippen molar-refractivity contribution < 1.29 is 9.59 Å². The standard InChI is InChI=1S/C26H26N8O2S/c1-3-4-20(35)31-18-9-11-19(12-10-18)34-24-21(23(27)29-14-30-24)22(33-34)16-5-7-17(8-6-16)25(36)32-26-28-13-15(2)37-26/h5-8,13-14,18-19H,9-12H2,1-2H3,(H,31,35)(H2,27,29,30)(H,28,32,36)/t18-,19-. The third-order valence-electron chi connectivity index (χ3n) is 6.40. The van der Waals surface area contributed by atoms with Crippen LogP contribution in [0.4, 0.5) is 10.9 Å². The number of benzene rings is 1. The number of nitrogens with zero attached hydrogens (tertiary/aromatic N) is 5. The van der Waals surface area contributed by atoms with Gasteiger partial charge in [0.15, 0.2) is 10.8 Å². The van der Waals surface area contributed by atoms with Gasteiger partial charge >= 0.3 is 0 Å². The number of nitrogen functional groups attached to an aromatic ring is 1. The first-order valence-corrected chi connectivity index (χ1v) is 12.8. The number of fused-ring (bicyclic) bond motifs is 1. The molecule has 188 valence electrons. The van der Waals surface area contributed by atoms with Gasteiger partial charge in [-0.1, -0.05) is 18.1 Å². The van der Waals surface area contributed by atoms with Crippen LogP contribution in [-0.2, 0) is 4.79 Å². The van der Waals surface area contributed by atoms with Gasteiger partial charge in [0.25, 0.3) is 11.8 Å². The van der Waals surface area contributed by atoms with Crippen LogP contribution < -0.4 is 16.4 Å². The van der Waals surface area contributed by atoms with Crippen LogP contribution in [0.2, 0.25) is 0 Å². The van der Waals surface area contributed by atoms with Crippen molar-refractivity contribution in [3.63, 3.8) is 0 Å². The highest BCUT2D eigenvalue weighted by molar-refractivity contribution is 7.15. The van der Waals surface area contributed by atoms with Crippen molar-refractivity contribution in [3.8, 4) is 23.1 Å². The van der Waals surface area contributed by atoms with Gasteiger partial charge in [0.1, 0.15) is 17.8 Å². The Hall–Kier alpha value is -4.30. The van der Waals surface area contributed by atoms with E-state index < -0.39 is 0 Å². The van der Waals surface area contributed by atoms with Crippen LogP contribution in [0.1, 0.15) is 53.9 Å². The Morgan fingerprint density at radius 2 is 1.86 bits per heavy atom. The number of nitrogens with two attached hydrogens (primary N) is 1. The van der Waals surface area contributed by atoms with E-state index in [2.05, 4.69) is 37.4 Å². The molecular weight excluding hydrogens is 488 g/mol. The summed E-state index contributed by atoms with van der Waals surface area (Å²) in [7, 11) is 0. The second kappa shape index (κ2) is 10.4. The summed E-state index contributed by atoms with van der Waals surface area (Å²) in [4.78, 5) is 38.4. The van der Waals surface area contributed by atoms with Gasteiger partial charge in [0.05, 0.1) is 11.4 Å². The highest BCUT2D eigenvalue weighted by atomic mass is 32.1. The number of aromatic nitrogens is 5. The van der Waals surface area contributed by atoms with Crippen molar-refractivity contribution >= 4 is 45.1 Å². The van der Waals surface area contributed by atoms with Crippen LogP contribution in [0.5, 0.6) is 0 Å². The van der Waals surface area contributed by atoms with Gasteiger partial charge in [-0.15, -0.1) is 11.3 Å². The minimum absolute atomic E-state index is 0.0950. The number of carbonyl (C=O) groups is 2. The second-order valence-corrected chi connectivity index (χ2v) is 10.1. The monoisotopic (exact) mass is 514 g/mol. The SMILES string of the molecule is CC#CC(=O)N[C@H]1CC[C@H](n2nc(-c3ccc(C(=O)Nc4ncc(C)s4)cc3)c3c(N)ncnc32)CC1. The average molecular weight is 515 g/mol. The summed E-state index contributed by atoms with van der Waals surface area (Å²) < 4.78 is 1.93. The second-order valence-electron chi connectivity index (χ2n) is 8.91. The molecule has 11 heteroatoms. The zero-order valence-corrected chi connectivity index (χ0v) is 21.3. The molecule has 0 bridgehead atoms. The van der Waals surface area contributed by atoms with E-state index in [0.29, 0.717) is 33.2 Å². The molecule has 0 aliphatic heterocycles. The molecule has 1 fully saturated rings. The Kier molecular flexibility index (Phi) is 6.83. The Morgan fingerprint density at radius 3 is 2.54 bits per heavy atom.